The number of tetrazole rings is 1. The van der Waals surface area contributed by atoms with Crippen LogP contribution >= 0.6 is 0 Å². The number of benzene rings is 1. The molecule has 0 saturated heterocycles. The number of nitrogen functional groups attached to an aromatic ring is 1. The number of nitrogens with zero attached hydrogens (tertiary/aromatic N) is 4. The Balaban J connectivity index is 2.14. The van der Waals surface area contributed by atoms with Crippen molar-refractivity contribution in [3.05, 3.63) is 18.2 Å². The van der Waals surface area contributed by atoms with E-state index in [0.717, 1.165) is 24.2 Å². The maximum absolute atomic E-state index is 6.09. The number of ether oxygens (including phenoxy) is 1. The first-order valence-electron chi connectivity index (χ1n) is 6.46. The van der Waals surface area contributed by atoms with E-state index in [4.69, 9.17) is 10.5 Å². The topological polar surface area (TPSA) is 78.8 Å². The zero-order valence-electron chi connectivity index (χ0n) is 11.1. The van der Waals surface area contributed by atoms with Gasteiger partial charge in [0.05, 0.1) is 17.7 Å². The van der Waals surface area contributed by atoms with E-state index in [1.165, 1.54) is 0 Å². The molecule has 1 fully saturated rings. The van der Waals surface area contributed by atoms with Gasteiger partial charge in [0.1, 0.15) is 5.75 Å². The van der Waals surface area contributed by atoms with Crippen LogP contribution in [0.4, 0.5) is 5.69 Å². The summed E-state index contributed by atoms with van der Waals surface area (Å²) in [6.45, 7) is 4.67. The minimum atomic E-state index is 0.0185. The van der Waals surface area contributed by atoms with Gasteiger partial charge in [0.25, 0.3) is 0 Å². The van der Waals surface area contributed by atoms with Gasteiger partial charge in [0.2, 0.25) is 0 Å². The van der Waals surface area contributed by atoms with Gasteiger partial charge in [-0.2, -0.15) is 0 Å². The fourth-order valence-electron chi connectivity index (χ4n) is 2.16. The van der Waals surface area contributed by atoms with E-state index in [-0.39, 0.29) is 5.54 Å². The first-order valence-corrected chi connectivity index (χ1v) is 6.46. The molecule has 1 saturated carbocycles. The van der Waals surface area contributed by atoms with Crippen LogP contribution in [0.1, 0.15) is 26.7 Å². The molecule has 0 amide bonds. The third-order valence-electron chi connectivity index (χ3n) is 3.54. The summed E-state index contributed by atoms with van der Waals surface area (Å²) in [5.74, 6) is 1.41. The van der Waals surface area contributed by atoms with Gasteiger partial charge in [-0.1, -0.05) is 6.07 Å². The van der Waals surface area contributed by atoms with E-state index in [1.54, 1.807) is 0 Å². The lowest BCUT2D eigenvalue weighted by Gasteiger charge is -2.15. The highest BCUT2D eigenvalue weighted by atomic mass is 16.5. The van der Waals surface area contributed by atoms with Crippen molar-refractivity contribution in [1.29, 1.82) is 0 Å². The molecule has 6 nitrogen and oxygen atoms in total. The van der Waals surface area contributed by atoms with E-state index in [2.05, 4.69) is 22.4 Å². The van der Waals surface area contributed by atoms with Crippen LogP contribution in [0, 0.1) is 0 Å². The molecule has 0 aliphatic heterocycles. The number of anilines is 1. The standard InChI is InChI=1S/C13H17N5O/c1-3-19-10-6-4-5-9(14)11(10)12-15-16-17-18(12)13(2)7-8-13/h4-6H,3,7-8,14H2,1-2H3. The molecule has 1 heterocycles. The minimum absolute atomic E-state index is 0.0185. The van der Waals surface area contributed by atoms with Crippen LogP contribution in [-0.2, 0) is 5.54 Å². The van der Waals surface area contributed by atoms with Crippen molar-refractivity contribution in [2.45, 2.75) is 32.2 Å². The summed E-state index contributed by atoms with van der Waals surface area (Å²) in [5.41, 5.74) is 7.52. The lowest BCUT2D eigenvalue weighted by molar-refractivity contribution is 0.341. The van der Waals surface area contributed by atoms with E-state index >= 15 is 0 Å². The van der Waals surface area contributed by atoms with Crippen molar-refractivity contribution >= 4 is 5.69 Å². The Morgan fingerprint density at radius 1 is 1.42 bits per heavy atom. The number of hydrogen-bond acceptors (Lipinski definition) is 5. The number of hydrogen-bond donors (Lipinski definition) is 1. The summed E-state index contributed by atoms with van der Waals surface area (Å²) in [6.07, 6.45) is 2.17. The zero-order valence-corrected chi connectivity index (χ0v) is 11.1. The van der Waals surface area contributed by atoms with Crippen molar-refractivity contribution in [3.63, 3.8) is 0 Å². The van der Waals surface area contributed by atoms with Gasteiger partial charge in [0.15, 0.2) is 5.82 Å². The van der Waals surface area contributed by atoms with Crippen LogP contribution in [0.25, 0.3) is 11.4 Å². The second-order valence-corrected chi connectivity index (χ2v) is 5.06. The third-order valence-corrected chi connectivity index (χ3v) is 3.54. The summed E-state index contributed by atoms with van der Waals surface area (Å²) < 4.78 is 7.50. The van der Waals surface area contributed by atoms with Gasteiger partial charge >= 0.3 is 0 Å². The highest BCUT2D eigenvalue weighted by Crippen LogP contribution is 2.45. The Hall–Kier alpha value is -2.11. The van der Waals surface area contributed by atoms with Gasteiger partial charge in [-0.3, -0.25) is 0 Å². The van der Waals surface area contributed by atoms with Crippen molar-refractivity contribution < 1.29 is 4.74 Å². The van der Waals surface area contributed by atoms with Crippen molar-refractivity contribution in [1.82, 2.24) is 20.2 Å². The monoisotopic (exact) mass is 259 g/mol. The molecule has 0 unspecified atom stereocenters. The SMILES string of the molecule is CCOc1cccc(N)c1-c1nnnn1C1(C)CC1. The van der Waals surface area contributed by atoms with Crippen LogP contribution in [0.3, 0.4) is 0 Å². The Bertz CT molecular complexity index is 603. The first-order chi connectivity index (χ1) is 9.15. The molecule has 0 spiro atoms. The second-order valence-electron chi connectivity index (χ2n) is 5.06. The lowest BCUT2D eigenvalue weighted by Crippen LogP contribution is -2.16. The molecular formula is C13H17N5O. The predicted octanol–water partition coefficient (Wildman–Crippen LogP) is 1.83. The molecule has 19 heavy (non-hydrogen) atoms. The molecule has 1 aliphatic rings. The average molecular weight is 259 g/mol. The summed E-state index contributed by atoms with van der Waals surface area (Å²) >= 11 is 0. The maximum Gasteiger partial charge on any atom is 0.188 e. The number of aromatic nitrogens is 4. The summed E-state index contributed by atoms with van der Waals surface area (Å²) in [7, 11) is 0. The highest BCUT2D eigenvalue weighted by Gasteiger charge is 2.43. The molecule has 2 aromatic rings. The van der Waals surface area contributed by atoms with Crippen LogP contribution in [0.15, 0.2) is 18.2 Å². The Labute approximate surface area is 111 Å². The van der Waals surface area contributed by atoms with Gasteiger partial charge in [-0.05, 0) is 49.2 Å². The van der Waals surface area contributed by atoms with Crippen LogP contribution in [-0.4, -0.2) is 26.8 Å². The Morgan fingerprint density at radius 2 is 2.21 bits per heavy atom. The molecule has 100 valence electrons. The zero-order chi connectivity index (χ0) is 13.5. The molecule has 2 N–H and O–H groups in total. The maximum atomic E-state index is 6.09. The number of nitrogens with two attached hydrogens (primary N) is 1. The summed E-state index contributed by atoms with van der Waals surface area (Å²) in [6, 6.07) is 5.60. The van der Waals surface area contributed by atoms with Gasteiger partial charge in [-0.25, -0.2) is 4.68 Å². The Morgan fingerprint density at radius 3 is 2.89 bits per heavy atom. The van der Waals surface area contributed by atoms with E-state index in [0.29, 0.717) is 18.1 Å². The highest BCUT2D eigenvalue weighted by molar-refractivity contribution is 5.78. The molecule has 1 aromatic carbocycles. The quantitative estimate of drug-likeness (QED) is 0.847. The predicted molar refractivity (Wildman–Crippen MR) is 71.7 cm³/mol. The third kappa shape index (κ3) is 1.93. The lowest BCUT2D eigenvalue weighted by atomic mass is 10.1. The summed E-state index contributed by atoms with van der Waals surface area (Å²) in [4.78, 5) is 0. The molecule has 1 aromatic heterocycles. The molecule has 0 radical (unpaired) electrons. The van der Waals surface area contributed by atoms with Crippen molar-refractivity contribution in [3.8, 4) is 17.1 Å². The van der Waals surface area contributed by atoms with Gasteiger partial charge < -0.3 is 10.5 Å². The molecule has 0 atom stereocenters. The van der Waals surface area contributed by atoms with Crippen molar-refractivity contribution in [2.75, 3.05) is 12.3 Å². The minimum Gasteiger partial charge on any atom is -0.493 e. The van der Waals surface area contributed by atoms with Crippen molar-refractivity contribution in [2.24, 2.45) is 0 Å². The van der Waals surface area contributed by atoms with E-state index in [1.807, 2.05) is 29.8 Å². The molecular weight excluding hydrogens is 242 g/mol. The molecule has 6 heteroatoms. The molecule has 0 bridgehead atoms. The second kappa shape index (κ2) is 4.22. The van der Waals surface area contributed by atoms with Gasteiger partial charge in [0, 0.05) is 5.69 Å². The van der Waals surface area contributed by atoms with Crippen LogP contribution < -0.4 is 10.5 Å². The molecule has 1 aliphatic carbocycles. The van der Waals surface area contributed by atoms with Gasteiger partial charge in [-0.15, -0.1) is 5.10 Å². The normalized spacial score (nSPS) is 16.3. The first kappa shape index (κ1) is 12.0. The average Bonchev–Trinajstić information content (AvgIpc) is 2.94. The fourth-order valence-corrected chi connectivity index (χ4v) is 2.16. The van der Waals surface area contributed by atoms with E-state index in [9.17, 15) is 0 Å². The van der Waals surface area contributed by atoms with E-state index < -0.39 is 0 Å². The van der Waals surface area contributed by atoms with Crippen LogP contribution in [0.2, 0.25) is 0 Å². The summed E-state index contributed by atoms with van der Waals surface area (Å²) in [5, 5.41) is 12.1. The Kier molecular flexibility index (Phi) is 2.66. The smallest absolute Gasteiger partial charge is 0.188 e. The fraction of sp³-hybridized carbons (Fsp3) is 0.462. The largest absolute Gasteiger partial charge is 0.493 e. The number of rotatable bonds is 4. The molecule has 3 rings (SSSR count). The van der Waals surface area contributed by atoms with Crippen LogP contribution in [0.5, 0.6) is 5.75 Å².